The lowest BCUT2D eigenvalue weighted by molar-refractivity contribution is -0.116. The van der Waals surface area contributed by atoms with E-state index < -0.39 is 0 Å². The Morgan fingerprint density at radius 1 is 1.52 bits per heavy atom. The molecule has 0 saturated carbocycles. The molecule has 0 saturated heterocycles. The van der Waals surface area contributed by atoms with Crippen molar-refractivity contribution in [1.82, 2.24) is 4.98 Å². The normalized spacial score (nSPS) is 13.7. The molecule has 0 fully saturated rings. The number of primary amides is 1. The fourth-order valence-electron chi connectivity index (χ4n) is 2.46. The Morgan fingerprint density at radius 2 is 2.33 bits per heavy atom. The average molecular weight is 304 g/mol. The summed E-state index contributed by atoms with van der Waals surface area (Å²) in [6.45, 7) is 3.35. The molecule has 1 aromatic heterocycles. The Hall–Kier alpha value is -2.28. The van der Waals surface area contributed by atoms with Crippen molar-refractivity contribution in [1.29, 1.82) is 0 Å². The molecule has 1 amide bonds. The minimum absolute atomic E-state index is 0.179. The maximum absolute atomic E-state index is 11.2. The van der Waals surface area contributed by atoms with Crippen molar-refractivity contribution < 1.29 is 9.53 Å². The summed E-state index contributed by atoms with van der Waals surface area (Å²) >= 11 is 1.46. The van der Waals surface area contributed by atoms with Gasteiger partial charge in [-0.3, -0.25) is 4.79 Å². The number of hydrogen-bond acceptors (Lipinski definition) is 6. The van der Waals surface area contributed by atoms with Gasteiger partial charge in [-0.1, -0.05) is 0 Å². The van der Waals surface area contributed by atoms with Crippen LogP contribution in [0.4, 0.5) is 10.8 Å². The molecule has 7 heteroatoms. The van der Waals surface area contributed by atoms with Crippen LogP contribution >= 0.6 is 11.3 Å². The van der Waals surface area contributed by atoms with E-state index in [0.29, 0.717) is 18.3 Å². The minimum Gasteiger partial charge on any atom is -0.490 e. The van der Waals surface area contributed by atoms with E-state index in [0.717, 1.165) is 27.6 Å². The molecular weight excluding hydrogens is 288 g/mol. The first-order valence-corrected chi connectivity index (χ1v) is 7.39. The van der Waals surface area contributed by atoms with Crippen LogP contribution in [0.1, 0.15) is 4.88 Å². The summed E-state index contributed by atoms with van der Waals surface area (Å²) in [4.78, 5) is 18.5. The number of nitrogens with zero attached hydrogens (tertiary/aromatic N) is 2. The number of hydrogen-bond donors (Lipinski definition) is 2. The van der Waals surface area contributed by atoms with Gasteiger partial charge in [-0.15, -0.1) is 11.3 Å². The molecular formula is C14H16N4O2S. The Labute approximate surface area is 126 Å². The number of benzene rings is 1. The topological polar surface area (TPSA) is 94.5 Å². The van der Waals surface area contributed by atoms with Crippen molar-refractivity contribution in [2.45, 2.75) is 6.92 Å². The first-order chi connectivity index (χ1) is 10.0. The number of nitrogen functional groups attached to an aromatic ring is 1. The highest BCUT2D eigenvalue weighted by Gasteiger charge is 2.21. The lowest BCUT2D eigenvalue weighted by atomic mass is 10.1. The Morgan fingerprint density at radius 3 is 3.00 bits per heavy atom. The fourth-order valence-corrected chi connectivity index (χ4v) is 3.17. The highest BCUT2D eigenvalue weighted by molar-refractivity contribution is 7.15. The summed E-state index contributed by atoms with van der Waals surface area (Å²) in [7, 11) is 0. The molecule has 1 aromatic carbocycles. The third-order valence-corrected chi connectivity index (χ3v) is 4.15. The van der Waals surface area contributed by atoms with E-state index in [9.17, 15) is 4.79 Å². The number of ether oxygens (including phenoxy) is 1. The van der Waals surface area contributed by atoms with Gasteiger partial charge in [0.15, 0.2) is 5.13 Å². The van der Waals surface area contributed by atoms with Crippen LogP contribution in [0.25, 0.3) is 11.3 Å². The van der Waals surface area contributed by atoms with E-state index in [-0.39, 0.29) is 12.5 Å². The summed E-state index contributed by atoms with van der Waals surface area (Å²) < 4.78 is 5.63. The maximum Gasteiger partial charge on any atom is 0.236 e. The lowest BCUT2D eigenvalue weighted by Gasteiger charge is -2.30. The van der Waals surface area contributed by atoms with Crippen LogP contribution in [0, 0.1) is 6.92 Å². The molecule has 110 valence electrons. The maximum atomic E-state index is 11.2. The fraction of sp³-hybridized carbons (Fsp3) is 0.286. The number of anilines is 2. The van der Waals surface area contributed by atoms with Crippen LogP contribution in [-0.4, -0.2) is 30.6 Å². The largest absolute Gasteiger partial charge is 0.490 e. The number of aryl methyl sites for hydroxylation is 1. The van der Waals surface area contributed by atoms with Gasteiger partial charge in [0, 0.05) is 10.4 Å². The van der Waals surface area contributed by atoms with Crippen LogP contribution in [0.5, 0.6) is 5.75 Å². The molecule has 0 radical (unpaired) electrons. The van der Waals surface area contributed by atoms with Gasteiger partial charge in [-0.05, 0) is 25.1 Å². The lowest BCUT2D eigenvalue weighted by Crippen LogP contribution is -2.39. The zero-order valence-electron chi connectivity index (χ0n) is 11.6. The predicted octanol–water partition coefficient (Wildman–Crippen LogP) is 1.38. The molecule has 0 atom stereocenters. The average Bonchev–Trinajstić information content (AvgIpc) is 2.77. The van der Waals surface area contributed by atoms with E-state index in [1.807, 2.05) is 30.0 Å². The number of thiazole rings is 1. The molecule has 4 N–H and O–H groups in total. The molecule has 2 aromatic rings. The summed E-state index contributed by atoms with van der Waals surface area (Å²) in [6, 6.07) is 5.82. The monoisotopic (exact) mass is 304 g/mol. The van der Waals surface area contributed by atoms with Crippen molar-refractivity contribution in [3.8, 4) is 17.0 Å². The Kier molecular flexibility index (Phi) is 3.42. The Bertz CT molecular complexity index is 698. The number of amides is 1. The summed E-state index contributed by atoms with van der Waals surface area (Å²) in [6.07, 6.45) is 0. The molecule has 0 spiro atoms. The second-order valence-corrected chi connectivity index (χ2v) is 6.11. The van der Waals surface area contributed by atoms with Gasteiger partial charge >= 0.3 is 0 Å². The standard InChI is InChI=1S/C14H16N4O2S/c1-8-13(17-14(16)21-8)9-2-3-11-10(6-9)18(4-5-20-11)7-12(15)19/h2-3,6H,4-5,7H2,1H3,(H2,15,19)(H2,16,17). The van der Waals surface area contributed by atoms with Gasteiger partial charge in [0.25, 0.3) is 0 Å². The van der Waals surface area contributed by atoms with Crippen LogP contribution in [0.3, 0.4) is 0 Å². The molecule has 0 aliphatic carbocycles. The number of carbonyl (C=O) groups is 1. The summed E-state index contributed by atoms with van der Waals surface area (Å²) in [5.74, 6) is 0.398. The first-order valence-electron chi connectivity index (χ1n) is 6.58. The van der Waals surface area contributed by atoms with Crippen molar-refractivity contribution in [3.05, 3.63) is 23.1 Å². The highest BCUT2D eigenvalue weighted by Crippen LogP contribution is 2.37. The van der Waals surface area contributed by atoms with E-state index in [2.05, 4.69) is 4.98 Å². The van der Waals surface area contributed by atoms with Crippen molar-refractivity contribution in [2.75, 3.05) is 30.3 Å². The zero-order chi connectivity index (χ0) is 15.0. The Balaban J connectivity index is 2.02. The van der Waals surface area contributed by atoms with Crippen LogP contribution in [-0.2, 0) is 4.79 Å². The SMILES string of the molecule is Cc1sc(N)nc1-c1ccc2c(c1)N(CC(N)=O)CCO2. The highest BCUT2D eigenvalue weighted by atomic mass is 32.1. The molecule has 1 aliphatic rings. The molecule has 21 heavy (non-hydrogen) atoms. The molecule has 6 nitrogen and oxygen atoms in total. The quantitative estimate of drug-likeness (QED) is 0.893. The number of carbonyl (C=O) groups excluding carboxylic acids is 1. The van der Waals surface area contributed by atoms with E-state index in [1.165, 1.54) is 11.3 Å². The van der Waals surface area contributed by atoms with Gasteiger partial charge in [-0.2, -0.15) is 0 Å². The van der Waals surface area contributed by atoms with E-state index in [4.69, 9.17) is 16.2 Å². The second kappa shape index (κ2) is 5.25. The zero-order valence-corrected chi connectivity index (χ0v) is 12.4. The number of fused-ring (bicyclic) bond motifs is 1. The third-order valence-electron chi connectivity index (χ3n) is 3.35. The molecule has 1 aliphatic heterocycles. The third kappa shape index (κ3) is 2.64. The molecule has 0 bridgehead atoms. The summed E-state index contributed by atoms with van der Waals surface area (Å²) in [5, 5.41) is 0.547. The molecule has 3 rings (SSSR count). The van der Waals surface area contributed by atoms with Crippen molar-refractivity contribution in [2.24, 2.45) is 5.73 Å². The van der Waals surface area contributed by atoms with Gasteiger partial charge < -0.3 is 21.1 Å². The number of rotatable bonds is 3. The minimum atomic E-state index is -0.359. The second-order valence-electron chi connectivity index (χ2n) is 4.88. The first kappa shape index (κ1) is 13.7. The van der Waals surface area contributed by atoms with E-state index >= 15 is 0 Å². The number of nitrogens with two attached hydrogens (primary N) is 2. The van der Waals surface area contributed by atoms with Gasteiger partial charge in [0.05, 0.1) is 24.5 Å². The summed E-state index contributed by atoms with van der Waals surface area (Å²) in [5.41, 5.74) is 13.8. The van der Waals surface area contributed by atoms with Gasteiger partial charge in [0.1, 0.15) is 12.4 Å². The smallest absolute Gasteiger partial charge is 0.236 e. The number of aromatic nitrogens is 1. The van der Waals surface area contributed by atoms with Gasteiger partial charge in [-0.25, -0.2) is 4.98 Å². The van der Waals surface area contributed by atoms with Crippen LogP contribution in [0.15, 0.2) is 18.2 Å². The molecule has 2 heterocycles. The van der Waals surface area contributed by atoms with Gasteiger partial charge in [0.2, 0.25) is 5.91 Å². The van der Waals surface area contributed by atoms with E-state index in [1.54, 1.807) is 0 Å². The van der Waals surface area contributed by atoms with Crippen LogP contribution in [0.2, 0.25) is 0 Å². The van der Waals surface area contributed by atoms with Crippen molar-refractivity contribution in [3.63, 3.8) is 0 Å². The van der Waals surface area contributed by atoms with Crippen molar-refractivity contribution >= 4 is 28.1 Å². The van der Waals surface area contributed by atoms with Crippen LogP contribution < -0.4 is 21.1 Å². The molecule has 0 unspecified atom stereocenters. The predicted molar refractivity (Wildman–Crippen MR) is 83.6 cm³/mol.